The minimum Gasteiger partial charge on any atom is -0.497 e. The summed E-state index contributed by atoms with van der Waals surface area (Å²) < 4.78 is 20.9. The lowest BCUT2D eigenvalue weighted by molar-refractivity contribution is -0.111. The molecular weight excluding hydrogens is 322 g/mol. The van der Waals surface area contributed by atoms with Gasteiger partial charge in [0.2, 0.25) is 11.7 Å². The van der Waals surface area contributed by atoms with E-state index in [-0.39, 0.29) is 5.91 Å². The molecule has 1 N–H and O–H groups in total. The molecule has 0 saturated carbocycles. The third-order valence-electron chi connectivity index (χ3n) is 3.45. The normalized spacial score (nSPS) is 10.4. The van der Waals surface area contributed by atoms with Crippen molar-refractivity contribution in [1.82, 2.24) is 0 Å². The molecule has 0 aliphatic rings. The van der Waals surface area contributed by atoms with E-state index in [0.717, 1.165) is 11.3 Å². The summed E-state index contributed by atoms with van der Waals surface area (Å²) in [6, 6.07) is 10.7. The van der Waals surface area contributed by atoms with Gasteiger partial charge in [-0.15, -0.1) is 0 Å². The van der Waals surface area contributed by atoms with Crippen LogP contribution >= 0.6 is 0 Å². The molecule has 0 saturated heterocycles. The molecule has 2 aromatic rings. The Balaban J connectivity index is 2.15. The summed E-state index contributed by atoms with van der Waals surface area (Å²) in [6.45, 7) is 0. The minimum atomic E-state index is -0.280. The Morgan fingerprint density at radius 2 is 1.60 bits per heavy atom. The highest BCUT2D eigenvalue weighted by Gasteiger charge is 2.13. The number of carbonyl (C=O) groups is 1. The van der Waals surface area contributed by atoms with Crippen molar-refractivity contribution in [1.29, 1.82) is 0 Å². The zero-order chi connectivity index (χ0) is 18.2. The molecule has 0 spiro atoms. The molecule has 0 aliphatic heterocycles. The molecule has 6 heteroatoms. The highest BCUT2D eigenvalue weighted by Crippen LogP contribution is 2.39. The molecule has 0 fully saturated rings. The van der Waals surface area contributed by atoms with Crippen LogP contribution < -0.4 is 24.3 Å². The summed E-state index contributed by atoms with van der Waals surface area (Å²) in [5, 5.41) is 2.77. The van der Waals surface area contributed by atoms with Crippen LogP contribution in [-0.2, 0) is 4.79 Å². The molecule has 132 valence electrons. The van der Waals surface area contributed by atoms with Crippen molar-refractivity contribution >= 4 is 17.7 Å². The van der Waals surface area contributed by atoms with Gasteiger partial charge in [0.15, 0.2) is 11.5 Å². The van der Waals surface area contributed by atoms with Crippen LogP contribution in [0.3, 0.4) is 0 Å². The van der Waals surface area contributed by atoms with Crippen molar-refractivity contribution in [2.24, 2.45) is 0 Å². The van der Waals surface area contributed by atoms with Gasteiger partial charge in [-0.1, -0.05) is 12.1 Å². The quantitative estimate of drug-likeness (QED) is 0.781. The Bertz CT molecular complexity index is 745. The maximum absolute atomic E-state index is 12.2. The Labute approximate surface area is 147 Å². The van der Waals surface area contributed by atoms with Crippen LogP contribution in [0.2, 0.25) is 0 Å². The van der Waals surface area contributed by atoms with E-state index < -0.39 is 0 Å². The van der Waals surface area contributed by atoms with Crippen LogP contribution in [0.25, 0.3) is 6.08 Å². The van der Waals surface area contributed by atoms with E-state index in [1.165, 1.54) is 27.4 Å². The van der Waals surface area contributed by atoms with Crippen LogP contribution in [0.1, 0.15) is 5.56 Å². The number of rotatable bonds is 7. The Morgan fingerprint density at radius 1 is 0.920 bits per heavy atom. The van der Waals surface area contributed by atoms with E-state index in [9.17, 15) is 4.79 Å². The van der Waals surface area contributed by atoms with Crippen molar-refractivity contribution in [2.75, 3.05) is 33.8 Å². The smallest absolute Gasteiger partial charge is 0.248 e. The van der Waals surface area contributed by atoms with E-state index in [2.05, 4.69) is 5.32 Å². The SMILES string of the molecule is COc1cccc(/C=C/C(=O)Nc2cc(OC)c(OC)c(OC)c2)c1. The number of methoxy groups -OCH3 is 4. The topological polar surface area (TPSA) is 66.0 Å². The van der Waals surface area contributed by atoms with Gasteiger partial charge in [-0.3, -0.25) is 4.79 Å². The first kappa shape index (κ1) is 18.2. The number of amides is 1. The Kier molecular flexibility index (Phi) is 6.28. The predicted octanol–water partition coefficient (Wildman–Crippen LogP) is 3.37. The lowest BCUT2D eigenvalue weighted by Gasteiger charge is -2.14. The molecule has 0 unspecified atom stereocenters. The highest BCUT2D eigenvalue weighted by molar-refractivity contribution is 6.02. The largest absolute Gasteiger partial charge is 0.497 e. The van der Waals surface area contributed by atoms with Crippen LogP contribution in [0, 0.1) is 0 Å². The maximum atomic E-state index is 12.2. The van der Waals surface area contributed by atoms with Crippen molar-refractivity contribution in [3.63, 3.8) is 0 Å². The molecule has 0 radical (unpaired) electrons. The summed E-state index contributed by atoms with van der Waals surface area (Å²) in [7, 11) is 6.16. The Morgan fingerprint density at radius 3 is 2.16 bits per heavy atom. The molecule has 25 heavy (non-hydrogen) atoms. The summed E-state index contributed by atoms with van der Waals surface area (Å²) in [5.74, 6) is 1.85. The van der Waals surface area contributed by atoms with Crippen LogP contribution in [-0.4, -0.2) is 34.3 Å². The highest BCUT2D eigenvalue weighted by atomic mass is 16.5. The average molecular weight is 343 g/mol. The van der Waals surface area contributed by atoms with E-state index in [1.54, 1.807) is 25.3 Å². The molecule has 0 heterocycles. The van der Waals surface area contributed by atoms with Crippen LogP contribution in [0.4, 0.5) is 5.69 Å². The molecule has 0 atom stereocenters. The van der Waals surface area contributed by atoms with Gasteiger partial charge in [0, 0.05) is 23.9 Å². The average Bonchev–Trinajstić information content (AvgIpc) is 2.65. The molecular formula is C19H21NO5. The van der Waals surface area contributed by atoms with Crippen molar-refractivity contribution in [3.8, 4) is 23.0 Å². The van der Waals surface area contributed by atoms with E-state index in [1.807, 2.05) is 24.3 Å². The fraction of sp³-hybridized carbons (Fsp3) is 0.211. The molecule has 2 aromatic carbocycles. The monoisotopic (exact) mass is 343 g/mol. The molecule has 0 bridgehead atoms. The summed E-state index contributed by atoms with van der Waals surface area (Å²) in [6.07, 6.45) is 3.15. The lowest BCUT2D eigenvalue weighted by Crippen LogP contribution is -2.08. The number of benzene rings is 2. The standard InChI is InChI=1S/C19H21NO5/c1-22-15-7-5-6-13(10-15)8-9-18(21)20-14-11-16(23-2)19(25-4)17(12-14)24-3/h5-12H,1-4H3,(H,20,21)/b9-8+. The summed E-state index contributed by atoms with van der Waals surface area (Å²) in [5.41, 5.74) is 1.40. The molecule has 0 aromatic heterocycles. The minimum absolute atomic E-state index is 0.280. The first-order valence-corrected chi connectivity index (χ1v) is 7.54. The van der Waals surface area contributed by atoms with Gasteiger partial charge in [0.05, 0.1) is 28.4 Å². The third-order valence-corrected chi connectivity index (χ3v) is 3.45. The second-order valence-corrected chi connectivity index (χ2v) is 5.01. The van der Waals surface area contributed by atoms with Crippen LogP contribution in [0.15, 0.2) is 42.5 Å². The van der Waals surface area contributed by atoms with Gasteiger partial charge in [0.1, 0.15) is 5.75 Å². The van der Waals surface area contributed by atoms with Crippen molar-refractivity contribution < 1.29 is 23.7 Å². The van der Waals surface area contributed by atoms with Gasteiger partial charge < -0.3 is 24.3 Å². The second kappa shape index (κ2) is 8.63. The number of hydrogen-bond acceptors (Lipinski definition) is 5. The maximum Gasteiger partial charge on any atom is 0.248 e. The summed E-state index contributed by atoms with van der Waals surface area (Å²) in [4.78, 5) is 12.2. The first-order chi connectivity index (χ1) is 12.1. The number of hydrogen-bond donors (Lipinski definition) is 1. The molecule has 2 rings (SSSR count). The van der Waals surface area contributed by atoms with Gasteiger partial charge in [-0.05, 0) is 23.8 Å². The molecule has 0 aliphatic carbocycles. The lowest BCUT2D eigenvalue weighted by atomic mass is 10.2. The van der Waals surface area contributed by atoms with E-state index >= 15 is 0 Å². The van der Waals surface area contributed by atoms with Crippen molar-refractivity contribution in [3.05, 3.63) is 48.0 Å². The number of carbonyl (C=O) groups excluding carboxylic acids is 1. The fourth-order valence-electron chi connectivity index (χ4n) is 2.25. The number of ether oxygens (including phenoxy) is 4. The predicted molar refractivity (Wildman–Crippen MR) is 96.8 cm³/mol. The zero-order valence-electron chi connectivity index (χ0n) is 14.7. The van der Waals surface area contributed by atoms with Gasteiger partial charge >= 0.3 is 0 Å². The van der Waals surface area contributed by atoms with E-state index in [0.29, 0.717) is 22.9 Å². The van der Waals surface area contributed by atoms with Crippen LogP contribution in [0.5, 0.6) is 23.0 Å². The molecule has 1 amide bonds. The van der Waals surface area contributed by atoms with Gasteiger partial charge in [0.25, 0.3) is 0 Å². The third kappa shape index (κ3) is 4.67. The zero-order valence-corrected chi connectivity index (χ0v) is 14.7. The number of anilines is 1. The first-order valence-electron chi connectivity index (χ1n) is 7.54. The summed E-state index contributed by atoms with van der Waals surface area (Å²) >= 11 is 0. The van der Waals surface area contributed by atoms with Crippen molar-refractivity contribution in [2.45, 2.75) is 0 Å². The molecule has 6 nitrogen and oxygen atoms in total. The number of nitrogens with one attached hydrogen (secondary N) is 1. The second-order valence-electron chi connectivity index (χ2n) is 5.01. The Hall–Kier alpha value is -3.15. The van der Waals surface area contributed by atoms with E-state index in [4.69, 9.17) is 18.9 Å². The fourth-order valence-corrected chi connectivity index (χ4v) is 2.25. The van der Waals surface area contributed by atoms with Gasteiger partial charge in [-0.25, -0.2) is 0 Å². The van der Waals surface area contributed by atoms with Gasteiger partial charge in [-0.2, -0.15) is 0 Å².